The molecule has 0 saturated heterocycles. The molecule has 198 valence electrons. The number of hydrogen-bond donors (Lipinski definition) is 2. The molecule has 4 aliphatic carbocycles. The Morgan fingerprint density at radius 2 is 1.61 bits per heavy atom. The van der Waals surface area contributed by atoms with Crippen LogP contribution < -0.4 is 4.90 Å². The molecule has 0 aliphatic heterocycles. The Kier molecular flexibility index (Phi) is 6.60. The van der Waals surface area contributed by atoms with E-state index in [0.717, 1.165) is 34.7 Å². The smallest absolute Gasteiger partial charge is 0.143 e. The van der Waals surface area contributed by atoms with Crippen LogP contribution >= 0.6 is 23.2 Å². The molecule has 0 atom stereocenters. The lowest BCUT2D eigenvalue weighted by atomic mass is 9.48. The first-order valence-electron chi connectivity index (χ1n) is 13.6. The zero-order valence-electron chi connectivity index (χ0n) is 21.9. The minimum absolute atomic E-state index is 0.0486. The molecule has 4 nitrogen and oxygen atoms in total. The number of aliphatic imine (C=N–C) groups is 1. The van der Waals surface area contributed by atoms with Crippen LogP contribution in [0.3, 0.4) is 0 Å². The third kappa shape index (κ3) is 4.67. The fourth-order valence-corrected chi connectivity index (χ4v) is 8.39. The van der Waals surface area contributed by atoms with Gasteiger partial charge in [0.15, 0.2) is 0 Å². The maximum atomic E-state index is 11.7. The number of nitrogens with zero attached hydrogens (tertiary/aromatic N) is 2. The average molecular weight is 550 g/mol. The van der Waals surface area contributed by atoms with Crippen LogP contribution in [0.5, 0.6) is 11.5 Å². The Morgan fingerprint density at radius 3 is 2.29 bits per heavy atom. The predicted molar refractivity (Wildman–Crippen MR) is 157 cm³/mol. The number of hydrogen-bond acceptors (Lipinski definition) is 4. The van der Waals surface area contributed by atoms with E-state index < -0.39 is 0 Å². The number of aromatic hydroxyl groups is 2. The third-order valence-electron chi connectivity index (χ3n) is 9.04. The van der Waals surface area contributed by atoms with E-state index in [0.29, 0.717) is 22.9 Å². The molecule has 7 rings (SSSR count). The predicted octanol–water partition coefficient (Wildman–Crippen LogP) is 8.57. The van der Waals surface area contributed by atoms with Gasteiger partial charge in [-0.05, 0) is 92.9 Å². The van der Waals surface area contributed by atoms with Crippen LogP contribution in [0.25, 0.3) is 0 Å². The number of para-hydroxylation sites is 2. The molecule has 0 spiro atoms. The number of anilines is 1. The van der Waals surface area contributed by atoms with Crippen molar-refractivity contribution in [1.29, 1.82) is 0 Å². The number of benzene rings is 3. The summed E-state index contributed by atoms with van der Waals surface area (Å²) >= 11 is 12.2. The number of aryl methyl sites for hydroxylation is 1. The summed E-state index contributed by atoms with van der Waals surface area (Å²) in [7, 11) is 2.02. The largest absolute Gasteiger partial charge is 0.507 e. The fourth-order valence-electron chi connectivity index (χ4n) is 7.88. The zero-order chi connectivity index (χ0) is 26.6. The van der Waals surface area contributed by atoms with Crippen molar-refractivity contribution in [3.8, 4) is 11.5 Å². The zero-order valence-corrected chi connectivity index (χ0v) is 23.4. The highest BCUT2D eigenvalue weighted by Crippen LogP contribution is 2.62. The highest BCUT2D eigenvalue weighted by atomic mass is 35.5. The molecule has 6 heteroatoms. The van der Waals surface area contributed by atoms with Crippen LogP contribution in [0.1, 0.15) is 60.8 Å². The van der Waals surface area contributed by atoms with E-state index in [9.17, 15) is 10.2 Å². The van der Waals surface area contributed by atoms with Gasteiger partial charge in [0.05, 0.1) is 16.4 Å². The summed E-state index contributed by atoms with van der Waals surface area (Å²) in [6, 6.07) is 15.4. The van der Waals surface area contributed by atoms with Gasteiger partial charge in [-0.2, -0.15) is 0 Å². The summed E-state index contributed by atoms with van der Waals surface area (Å²) in [5, 5.41) is 22.6. The summed E-state index contributed by atoms with van der Waals surface area (Å²) < 4.78 is 0. The first kappa shape index (κ1) is 25.6. The van der Waals surface area contributed by atoms with Crippen LogP contribution in [-0.4, -0.2) is 23.5 Å². The van der Waals surface area contributed by atoms with Gasteiger partial charge in [-0.1, -0.05) is 53.0 Å². The van der Waals surface area contributed by atoms with Crippen LogP contribution in [0.4, 0.5) is 11.4 Å². The summed E-state index contributed by atoms with van der Waals surface area (Å²) in [5.74, 6) is 2.90. The molecule has 38 heavy (non-hydrogen) atoms. The molecule has 4 bridgehead atoms. The second kappa shape index (κ2) is 9.81. The van der Waals surface area contributed by atoms with E-state index >= 15 is 0 Å². The van der Waals surface area contributed by atoms with Gasteiger partial charge in [0.25, 0.3) is 0 Å². The SMILES string of the molecule is Cc1cc(CN(C)c2ccccc2/N=C/c2cc(Cl)cc(Cl)c2O)c(O)c(C23CC4CC(CC(C4)C2)C3)c1. The van der Waals surface area contributed by atoms with Crippen LogP contribution in [0.15, 0.2) is 53.5 Å². The van der Waals surface area contributed by atoms with E-state index in [4.69, 9.17) is 23.2 Å². The summed E-state index contributed by atoms with van der Waals surface area (Å²) in [5.41, 5.74) is 5.61. The minimum Gasteiger partial charge on any atom is -0.507 e. The van der Waals surface area contributed by atoms with Crippen molar-refractivity contribution in [3.05, 3.63) is 80.8 Å². The maximum absolute atomic E-state index is 11.7. The second-order valence-corrected chi connectivity index (χ2v) is 12.8. The van der Waals surface area contributed by atoms with Crippen molar-refractivity contribution in [2.75, 3.05) is 11.9 Å². The van der Waals surface area contributed by atoms with Gasteiger partial charge in [-0.15, -0.1) is 0 Å². The lowest BCUT2D eigenvalue weighted by molar-refractivity contribution is -0.00621. The van der Waals surface area contributed by atoms with Gasteiger partial charge in [0.2, 0.25) is 0 Å². The molecular weight excluding hydrogens is 515 g/mol. The molecule has 2 N–H and O–H groups in total. The first-order chi connectivity index (χ1) is 18.2. The monoisotopic (exact) mass is 548 g/mol. The molecule has 4 aliphatic rings. The molecule has 3 aromatic carbocycles. The van der Waals surface area contributed by atoms with E-state index in [1.54, 1.807) is 12.3 Å². The van der Waals surface area contributed by atoms with Crippen molar-refractivity contribution in [2.45, 2.75) is 57.4 Å². The van der Waals surface area contributed by atoms with Gasteiger partial charge in [0.1, 0.15) is 11.5 Å². The van der Waals surface area contributed by atoms with Crippen LogP contribution in [0.2, 0.25) is 10.0 Å². The van der Waals surface area contributed by atoms with Gasteiger partial charge < -0.3 is 15.1 Å². The quantitative estimate of drug-likeness (QED) is 0.303. The van der Waals surface area contributed by atoms with E-state index in [1.165, 1.54) is 55.7 Å². The molecule has 0 radical (unpaired) electrons. The van der Waals surface area contributed by atoms with Crippen molar-refractivity contribution in [3.63, 3.8) is 0 Å². The third-order valence-corrected chi connectivity index (χ3v) is 9.55. The van der Waals surface area contributed by atoms with Crippen molar-refractivity contribution in [2.24, 2.45) is 22.7 Å². The summed E-state index contributed by atoms with van der Waals surface area (Å²) in [6.07, 6.45) is 9.42. The van der Waals surface area contributed by atoms with Gasteiger partial charge in [-0.3, -0.25) is 4.99 Å². The average Bonchev–Trinajstić information content (AvgIpc) is 2.86. The Morgan fingerprint density at radius 1 is 0.947 bits per heavy atom. The molecule has 0 aromatic heterocycles. The Bertz CT molecular complexity index is 1380. The van der Waals surface area contributed by atoms with Crippen molar-refractivity contribution < 1.29 is 10.2 Å². The Labute approximate surface area is 234 Å². The van der Waals surface area contributed by atoms with Crippen LogP contribution in [-0.2, 0) is 12.0 Å². The van der Waals surface area contributed by atoms with E-state index in [-0.39, 0.29) is 16.2 Å². The molecule has 0 heterocycles. The summed E-state index contributed by atoms with van der Waals surface area (Å²) in [4.78, 5) is 6.78. The van der Waals surface area contributed by atoms with Crippen molar-refractivity contribution in [1.82, 2.24) is 0 Å². The molecule has 4 saturated carbocycles. The minimum atomic E-state index is -0.0486. The first-order valence-corrected chi connectivity index (χ1v) is 14.3. The Balaban J connectivity index is 1.29. The van der Waals surface area contributed by atoms with E-state index in [1.807, 2.05) is 31.3 Å². The number of rotatable bonds is 6. The van der Waals surface area contributed by atoms with E-state index in [2.05, 4.69) is 28.9 Å². The summed E-state index contributed by atoms with van der Waals surface area (Å²) in [6.45, 7) is 2.71. The fraction of sp³-hybridized carbons (Fsp3) is 0.406. The van der Waals surface area contributed by atoms with Crippen molar-refractivity contribution >= 4 is 40.8 Å². The molecule has 4 fully saturated rings. The van der Waals surface area contributed by atoms with Gasteiger partial charge in [-0.25, -0.2) is 0 Å². The lowest BCUT2D eigenvalue weighted by Gasteiger charge is -2.57. The highest BCUT2D eigenvalue weighted by molar-refractivity contribution is 6.36. The van der Waals surface area contributed by atoms with Gasteiger partial charge >= 0.3 is 0 Å². The highest BCUT2D eigenvalue weighted by Gasteiger charge is 2.52. The number of halogens is 2. The normalized spacial score (nSPS) is 25.8. The maximum Gasteiger partial charge on any atom is 0.143 e. The molecular formula is C32H34Cl2N2O2. The molecule has 3 aromatic rings. The topological polar surface area (TPSA) is 56.1 Å². The molecule has 0 amide bonds. The number of phenols is 2. The Hall–Kier alpha value is -2.69. The van der Waals surface area contributed by atoms with Crippen LogP contribution in [0, 0.1) is 24.7 Å². The molecule has 0 unspecified atom stereocenters. The van der Waals surface area contributed by atoms with Gasteiger partial charge in [0, 0.05) is 41.5 Å². The number of phenolic OH excluding ortho intramolecular Hbond substituents is 2. The second-order valence-electron chi connectivity index (χ2n) is 11.9. The lowest BCUT2D eigenvalue weighted by Crippen LogP contribution is -2.48. The standard InChI is InChI=1S/C32H34Cl2N2O2/c1-19-7-24(30(37)26(8-19)32-14-20-9-21(15-32)11-22(10-20)16-32)18-36(2)29-6-4-3-5-28(29)35-17-23-12-25(33)13-27(34)31(23)38/h3-8,12-13,17,20-22,37-38H,9-11,14-16,18H2,1-2H3/b35-17+.